The van der Waals surface area contributed by atoms with E-state index >= 15 is 0 Å². The van der Waals surface area contributed by atoms with Crippen molar-refractivity contribution in [3.63, 3.8) is 0 Å². The van der Waals surface area contributed by atoms with Crippen molar-refractivity contribution in [3.8, 4) is 5.75 Å². The first kappa shape index (κ1) is 17.1. The highest BCUT2D eigenvalue weighted by atomic mass is 16.5. The number of methoxy groups -OCH3 is 1. The molecule has 0 spiro atoms. The molecule has 1 unspecified atom stereocenters. The molecule has 2 fully saturated rings. The van der Waals surface area contributed by atoms with Gasteiger partial charge in [-0.15, -0.1) is 0 Å². The van der Waals surface area contributed by atoms with Crippen molar-refractivity contribution in [1.29, 1.82) is 0 Å². The molecule has 6 heteroatoms. The molecule has 1 aromatic carbocycles. The molecule has 0 bridgehead atoms. The summed E-state index contributed by atoms with van der Waals surface area (Å²) in [5, 5.41) is 7.80. The molecule has 1 aromatic heterocycles. The van der Waals surface area contributed by atoms with Crippen LogP contribution in [0.2, 0.25) is 0 Å². The Bertz CT molecular complexity index is 753. The van der Waals surface area contributed by atoms with Crippen molar-refractivity contribution >= 4 is 5.91 Å². The minimum Gasteiger partial charge on any atom is -0.496 e. The number of carbonyl (C=O) groups excluding carboxylic acids is 1. The molecule has 2 aliphatic rings. The molecule has 0 saturated carbocycles. The molecule has 1 atom stereocenters. The van der Waals surface area contributed by atoms with Gasteiger partial charge in [0, 0.05) is 31.4 Å². The summed E-state index contributed by atoms with van der Waals surface area (Å²) in [6.07, 6.45) is 6.22. The topological polar surface area (TPSA) is 59.4 Å². The number of hydrogen-bond acceptors (Lipinski definition) is 4. The van der Waals surface area contributed by atoms with Crippen LogP contribution in [0.5, 0.6) is 5.75 Å². The molecule has 4 rings (SSSR count). The summed E-state index contributed by atoms with van der Waals surface area (Å²) < 4.78 is 7.40. The molecule has 2 aliphatic heterocycles. The van der Waals surface area contributed by atoms with Gasteiger partial charge in [0.1, 0.15) is 11.3 Å². The molecule has 26 heavy (non-hydrogen) atoms. The third kappa shape index (κ3) is 2.88. The predicted molar refractivity (Wildman–Crippen MR) is 99.2 cm³/mol. The summed E-state index contributed by atoms with van der Waals surface area (Å²) in [6, 6.07) is 10.0. The summed E-state index contributed by atoms with van der Waals surface area (Å²) in [5.74, 6) is 1.45. The number of likely N-dealkylation sites (tertiary alicyclic amines) is 1. The van der Waals surface area contributed by atoms with Crippen LogP contribution in [0.4, 0.5) is 0 Å². The van der Waals surface area contributed by atoms with E-state index in [1.807, 2.05) is 40.0 Å². The molecular formula is C20H26N4O2. The zero-order valence-corrected chi connectivity index (χ0v) is 15.2. The Hall–Kier alpha value is -2.34. The Kier molecular flexibility index (Phi) is 4.68. The Balaban J connectivity index is 1.57. The number of amides is 1. The highest BCUT2D eigenvalue weighted by Gasteiger charge is 2.46. The Morgan fingerprint density at radius 1 is 1.27 bits per heavy atom. The van der Waals surface area contributed by atoms with E-state index in [-0.39, 0.29) is 5.91 Å². The van der Waals surface area contributed by atoms with Gasteiger partial charge in [-0.25, -0.2) is 0 Å². The Morgan fingerprint density at radius 2 is 2.08 bits per heavy atom. The van der Waals surface area contributed by atoms with Crippen LogP contribution < -0.4 is 10.1 Å². The average molecular weight is 354 g/mol. The predicted octanol–water partition coefficient (Wildman–Crippen LogP) is 1.99. The number of nitrogens with zero attached hydrogens (tertiary/aromatic N) is 3. The first-order valence-electron chi connectivity index (χ1n) is 9.38. The fraction of sp³-hybridized carbons (Fsp3) is 0.500. The number of benzene rings is 1. The lowest BCUT2D eigenvalue weighted by Crippen LogP contribution is -2.55. The zero-order chi connectivity index (χ0) is 18.0. The molecule has 1 N–H and O–H groups in total. The second-order valence-corrected chi connectivity index (χ2v) is 7.21. The maximum Gasteiger partial charge on any atom is 0.250 e. The molecule has 6 nitrogen and oxygen atoms in total. The minimum atomic E-state index is -0.551. The molecule has 2 aromatic rings. The van der Waals surface area contributed by atoms with Crippen LogP contribution in [0.15, 0.2) is 42.7 Å². The van der Waals surface area contributed by atoms with Crippen LogP contribution in [0.1, 0.15) is 30.7 Å². The van der Waals surface area contributed by atoms with Crippen molar-refractivity contribution in [3.05, 3.63) is 48.3 Å². The molecule has 0 aliphatic carbocycles. The van der Waals surface area contributed by atoms with Gasteiger partial charge in [-0.3, -0.25) is 9.48 Å². The number of piperidine rings is 1. The normalized spacial score (nSPS) is 22.3. The smallest absolute Gasteiger partial charge is 0.250 e. The van der Waals surface area contributed by atoms with Gasteiger partial charge in [-0.05, 0) is 50.0 Å². The summed E-state index contributed by atoms with van der Waals surface area (Å²) >= 11 is 0. The second kappa shape index (κ2) is 7.11. The lowest BCUT2D eigenvalue weighted by molar-refractivity contribution is -0.142. The SMILES string of the molecule is COc1ccccc1C1CCN(C(=O)C2(n3cccn3)CCNCC2)C1. The number of hydrogen-bond donors (Lipinski definition) is 1. The quantitative estimate of drug-likeness (QED) is 0.912. The van der Waals surface area contributed by atoms with E-state index in [1.165, 1.54) is 5.56 Å². The molecule has 1 amide bonds. The highest BCUT2D eigenvalue weighted by Crippen LogP contribution is 2.36. The van der Waals surface area contributed by atoms with Crippen molar-refractivity contribution in [2.24, 2.45) is 0 Å². The maximum absolute atomic E-state index is 13.6. The zero-order valence-electron chi connectivity index (χ0n) is 15.2. The van der Waals surface area contributed by atoms with Gasteiger partial charge < -0.3 is 15.0 Å². The first-order valence-corrected chi connectivity index (χ1v) is 9.38. The van der Waals surface area contributed by atoms with Crippen LogP contribution in [-0.2, 0) is 10.3 Å². The molecule has 138 valence electrons. The van der Waals surface area contributed by atoms with Crippen molar-refractivity contribution in [2.45, 2.75) is 30.7 Å². The third-order valence-electron chi connectivity index (χ3n) is 5.83. The van der Waals surface area contributed by atoms with Gasteiger partial charge >= 0.3 is 0 Å². The van der Waals surface area contributed by atoms with E-state index in [1.54, 1.807) is 13.3 Å². The van der Waals surface area contributed by atoms with E-state index in [0.29, 0.717) is 5.92 Å². The highest BCUT2D eigenvalue weighted by molar-refractivity contribution is 5.85. The van der Waals surface area contributed by atoms with E-state index < -0.39 is 5.54 Å². The van der Waals surface area contributed by atoms with E-state index in [4.69, 9.17) is 4.74 Å². The average Bonchev–Trinajstić information content (AvgIpc) is 3.40. The van der Waals surface area contributed by atoms with Gasteiger partial charge in [-0.1, -0.05) is 18.2 Å². The van der Waals surface area contributed by atoms with E-state index in [0.717, 1.165) is 51.2 Å². The maximum atomic E-state index is 13.6. The Labute approximate surface area is 154 Å². The number of para-hydroxylation sites is 1. The standard InChI is InChI=1S/C20H26N4O2/c1-26-18-6-3-2-5-17(18)16-7-14-23(15-16)19(25)20(8-11-21-12-9-20)24-13-4-10-22-24/h2-6,10,13,16,21H,7-9,11-12,14-15H2,1H3. The monoisotopic (exact) mass is 354 g/mol. The summed E-state index contributed by atoms with van der Waals surface area (Å²) in [7, 11) is 1.71. The second-order valence-electron chi connectivity index (χ2n) is 7.21. The number of rotatable bonds is 4. The van der Waals surface area contributed by atoms with Crippen molar-refractivity contribution in [2.75, 3.05) is 33.3 Å². The van der Waals surface area contributed by atoms with Crippen LogP contribution in [0.3, 0.4) is 0 Å². The molecule has 2 saturated heterocycles. The van der Waals surface area contributed by atoms with E-state index in [9.17, 15) is 4.79 Å². The fourth-order valence-corrected chi connectivity index (χ4v) is 4.40. The van der Waals surface area contributed by atoms with Crippen LogP contribution in [0.25, 0.3) is 0 Å². The third-order valence-corrected chi connectivity index (χ3v) is 5.83. The first-order chi connectivity index (χ1) is 12.7. The van der Waals surface area contributed by atoms with Gasteiger partial charge in [0.2, 0.25) is 0 Å². The van der Waals surface area contributed by atoms with Crippen LogP contribution >= 0.6 is 0 Å². The minimum absolute atomic E-state index is 0.208. The summed E-state index contributed by atoms with van der Waals surface area (Å²) in [5.41, 5.74) is 0.647. The summed E-state index contributed by atoms with van der Waals surface area (Å²) in [6.45, 7) is 3.22. The van der Waals surface area contributed by atoms with Crippen molar-refractivity contribution in [1.82, 2.24) is 20.0 Å². The fourth-order valence-electron chi connectivity index (χ4n) is 4.40. The lowest BCUT2D eigenvalue weighted by Gasteiger charge is -2.39. The Morgan fingerprint density at radius 3 is 2.81 bits per heavy atom. The molecule has 3 heterocycles. The summed E-state index contributed by atoms with van der Waals surface area (Å²) in [4.78, 5) is 15.6. The van der Waals surface area contributed by atoms with Gasteiger partial charge in [0.05, 0.1) is 7.11 Å². The van der Waals surface area contributed by atoms with Gasteiger partial charge in [-0.2, -0.15) is 5.10 Å². The largest absolute Gasteiger partial charge is 0.496 e. The number of aromatic nitrogens is 2. The lowest BCUT2D eigenvalue weighted by atomic mass is 9.86. The van der Waals surface area contributed by atoms with Crippen LogP contribution in [-0.4, -0.2) is 53.9 Å². The number of ether oxygens (including phenoxy) is 1. The van der Waals surface area contributed by atoms with Crippen molar-refractivity contribution < 1.29 is 9.53 Å². The van der Waals surface area contributed by atoms with Crippen LogP contribution in [0, 0.1) is 0 Å². The molecular weight excluding hydrogens is 328 g/mol. The number of nitrogens with one attached hydrogen (secondary N) is 1. The van der Waals surface area contributed by atoms with Gasteiger partial charge in [0.15, 0.2) is 0 Å². The van der Waals surface area contributed by atoms with E-state index in [2.05, 4.69) is 16.5 Å². The van der Waals surface area contributed by atoms with Gasteiger partial charge in [0.25, 0.3) is 5.91 Å². The number of carbonyl (C=O) groups is 1. The molecule has 0 radical (unpaired) electrons.